The molecule has 2 atom stereocenters. The van der Waals surface area contributed by atoms with Crippen LogP contribution >= 0.6 is 36.6 Å². The Morgan fingerprint density at radius 2 is 2.20 bits per heavy atom. The molecular weight excluding hydrogens is 383 g/mol. The Morgan fingerprint density at radius 3 is 2.80 bits per heavy atom. The minimum atomic E-state index is -0.0401. The number of imidazole rings is 1. The minimum Gasteiger partial charge on any atom is -0.455 e. The normalized spacial score (nSPS) is 19.4. The summed E-state index contributed by atoms with van der Waals surface area (Å²) in [5.74, 6) is 2.19. The van der Waals surface area contributed by atoms with Gasteiger partial charge in [-0.15, -0.1) is 24.8 Å². The fourth-order valence-electron chi connectivity index (χ4n) is 2.93. The number of likely N-dealkylation sites (tertiary alicyclic amines) is 1. The van der Waals surface area contributed by atoms with Crippen molar-refractivity contribution in [3.63, 3.8) is 0 Å². The molecule has 2 aromatic rings. The second-order valence-corrected chi connectivity index (χ2v) is 6.96. The van der Waals surface area contributed by atoms with Gasteiger partial charge in [-0.3, -0.25) is 4.79 Å². The van der Waals surface area contributed by atoms with Gasteiger partial charge in [0.25, 0.3) is 5.91 Å². The van der Waals surface area contributed by atoms with Crippen molar-refractivity contribution < 1.29 is 9.21 Å². The monoisotopic (exact) mass is 406 g/mol. The number of nitrogens with two attached hydrogens (primary N) is 1. The zero-order chi connectivity index (χ0) is 16.4. The van der Waals surface area contributed by atoms with Gasteiger partial charge in [-0.1, -0.05) is 11.8 Å². The van der Waals surface area contributed by atoms with Crippen LogP contribution in [0.4, 0.5) is 0 Å². The quantitative estimate of drug-likeness (QED) is 0.772. The highest BCUT2D eigenvalue weighted by Gasteiger charge is 2.33. The molecule has 0 aromatic carbocycles. The van der Waals surface area contributed by atoms with Crippen LogP contribution < -0.4 is 5.73 Å². The molecule has 0 bridgehead atoms. The molecule has 0 aliphatic carbocycles. The number of thioether (sulfide) groups is 1. The van der Waals surface area contributed by atoms with E-state index < -0.39 is 0 Å². The first-order chi connectivity index (χ1) is 11.1. The van der Waals surface area contributed by atoms with Crippen molar-refractivity contribution in [1.29, 1.82) is 0 Å². The van der Waals surface area contributed by atoms with E-state index in [2.05, 4.69) is 11.9 Å². The van der Waals surface area contributed by atoms with Crippen LogP contribution in [-0.4, -0.2) is 39.5 Å². The molecule has 0 saturated carbocycles. The summed E-state index contributed by atoms with van der Waals surface area (Å²) in [6.07, 6.45) is 4.63. The van der Waals surface area contributed by atoms with Crippen LogP contribution in [0.1, 0.15) is 29.7 Å². The molecule has 0 radical (unpaired) electrons. The Labute approximate surface area is 164 Å². The summed E-state index contributed by atoms with van der Waals surface area (Å²) in [5, 5.41) is 0.924. The van der Waals surface area contributed by atoms with E-state index in [9.17, 15) is 4.79 Å². The topological polar surface area (TPSA) is 77.3 Å². The highest BCUT2D eigenvalue weighted by Crippen LogP contribution is 2.26. The molecule has 1 fully saturated rings. The van der Waals surface area contributed by atoms with Crippen LogP contribution in [0.5, 0.6) is 0 Å². The number of amides is 1. The van der Waals surface area contributed by atoms with Crippen LogP contribution in [-0.2, 0) is 12.8 Å². The van der Waals surface area contributed by atoms with Crippen LogP contribution in [0.2, 0.25) is 0 Å². The van der Waals surface area contributed by atoms with Gasteiger partial charge in [0, 0.05) is 32.0 Å². The van der Waals surface area contributed by atoms with Gasteiger partial charge in [0.1, 0.15) is 5.76 Å². The van der Waals surface area contributed by atoms with Gasteiger partial charge in [-0.05, 0) is 37.9 Å². The second-order valence-electron chi connectivity index (χ2n) is 6.02. The molecule has 140 valence electrons. The molecule has 2 aromatic heterocycles. The summed E-state index contributed by atoms with van der Waals surface area (Å²) in [7, 11) is 1.95. The highest BCUT2D eigenvalue weighted by atomic mass is 35.5. The Morgan fingerprint density at radius 1 is 1.44 bits per heavy atom. The average molecular weight is 407 g/mol. The van der Waals surface area contributed by atoms with Gasteiger partial charge in [0.05, 0.1) is 5.75 Å². The fraction of sp³-hybridized carbons (Fsp3) is 0.500. The number of aryl methyl sites for hydroxylation is 1. The molecule has 0 spiro atoms. The maximum absolute atomic E-state index is 12.6. The van der Waals surface area contributed by atoms with Crippen molar-refractivity contribution in [3.05, 3.63) is 36.0 Å². The van der Waals surface area contributed by atoms with E-state index in [0.717, 1.165) is 17.3 Å². The number of carbonyl (C=O) groups excluding carboxylic acids is 1. The maximum atomic E-state index is 12.6. The first kappa shape index (κ1) is 21.9. The Kier molecular flexibility index (Phi) is 8.34. The van der Waals surface area contributed by atoms with E-state index in [1.165, 1.54) is 0 Å². The first-order valence-electron chi connectivity index (χ1n) is 7.78. The molecule has 25 heavy (non-hydrogen) atoms. The lowest BCUT2D eigenvalue weighted by Gasteiger charge is -2.20. The first-order valence-corrected chi connectivity index (χ1v) is 8.77. The van der Waals surface area contributed by atoms with Gasteiger partial charge in [0.2, 0.25) is 0 Å². The molecule has 1 aliphatic rings. The third-order valence-electron chi connectivity index (χ3n) is 4.25. The van der Waals surface area contributed by atoms with Crippen LogP contribution in [0.25, 0.3) is 0 Å². The highest BCUT2D eigenvalue weighted by molar-refractivity contribution is 7.98. The summed E-state index contributed by atoms with van der Waals surface area (Å²) in [6, 6.07) is 3.84. The zero-order valence-electron chi connectivity index (χ0n) is 14.3. The van der Waals surface area contributed by atoms with Crippen LogP contribution in [0, 0.1) is 5.92 Å². The smallest absolute Gasteiger partial charge is 0.289 e. The lowest BCUT2D eigenvalue weighted by Crippen LogP contribution is -2.34. The van der Waals surface area contributed by atoms with E-state index in [0.29, 0.717) is 30.5 Å². The standard InChI is InChI=1S/C16H22N4O2S.2ClH/c1-11-7-12(8-17)9-20(11)15(21)14-4-3-13(22-14)10-23-16-18-5-6-19(16)2;;/h3-6,11-12H,7-10,17H2,1-2H3;2*1H. The molecule has 3 rings (SSSR count). The molecule has 1 saturated heterocycles. The Bertz CT molecular complexity index is 691. The predicted molar refractivity (Wildman–Crippen MR) is 104 cm³/mol. The SMILES string of the molecule is CC1CC(CN)CN1C(=O)c1ccc(CSc2nccn2C)o1.Cl.Cl. The number of furan rings is 1. The minimum absolute atomic E-state index is 0. The van der Waals surface area contributed by atoms with Crippen molar-refractivity contribution in [1.82, 2.24) is 14.5 Å². The van der Waals surface area contributed by atoms with Gasteiger partial charge >= 0.3 is 0 Å². The largest absolute Gasteiger partial charge is 0.455 e. The number of hydrogen-bond donors (Lipinski definition) is 1. The second kappa shape index (κ2) is 9.52. The van der Waals surface area contributed by atoms with E-state index in [4.69, 9.17) is 10.2 Å². The summed E-state index contributed by atoms with van der Waals surface area (Å²) in [5.41, 5.74) is 5.73. The van der Waals surface area contributed by atoms with Gasteiger partial charge in [-0.2, -0.15) is 0 Å². The third kappa shape index (κ3) is 4.94. The molecule has 2 unspecified atom stereocenters. The Hall–Kier alpha value is -1.15. The number of carbonyl (C=O) groups is 1. The average Bonchev–Trinajstić information content (AvgIpc) is 3.24. The number of hydrogen-bond acceptors (Lipinski definition) is 5. The van der Waals surface area contributed by atoms with Crippen molar-refractivity contribution >= 4 is 42.5 Å². The van der Waals surface area contributed by atoms with Gasteiger partial charge < -0.3 is 19.6 Å². The van der Waals surface area contributed by atoms with Crippen molar-refractivity contribution in [2.45, 2.75) is 30.3 Å². The predicted octanol–water partition coefficient (Wildman–Crippen LogP) is 2.96. The number of aromatic nitrogens is 2. The van der Waals surface area contributed by atoms with Gasteiger partial charge in [0.15, 0.2) is 10.9 Å². The van der Waals surface area contributed by atoms with Crippen LogP contribution in [0.15, 0.2) is 34.1 Å². The van der Waals surface area contributed by atoms with E-state index in [1.54, 1.807) is 24.0 Å². The third-order valence-corrected chi connectivity index (χ3v) is 5.33. The van der Waals surface area contributed by atoms with E-state index in [1.807, 2.05) is 28.8 Å². The number of rotatable bonds is 5. The molecule has 9 heteroatoms. The van der Waals surface area contributed by atoms with Crippen molar-refractivity contribution in [3.8, 4) is 0 Å². The molecule has 6 nitrogen and oxygen atoms in total. The van der Waals surface area contributed by atoms with Crippen LogP contribution in [0.3, 0.4) is 0 Å². The fourth-order valence-corrected chi connectivity index (χ4v) is 3.76. The number of halogens is 2. The molecule has 1 aliphatic heterocycles. The lowest BCUT2D eigenvalue weighted by atomic mass is 10.1. The van der Waals surface area contributed by atoms with Crippen molar-refractivity contribution in [2.24, 2.45) is 18.7 Å². The lowest BCUT2D eigenvalue weighted by molar-refractivity contribution is 0.0709. The molecule has 1 amide bonds. The summed E-state index contributed by atoms with van der Waals surface area (Å²) >= 11 is 1.59. The maximum Gasteiger partial charge on any atom is 0.289 e. The molecule has 3 heterocycles. The Balaban J connectivity index is 0.00000156. The number of nitrogens with zero attached hydrogens (tertiary/aromatic N) is 3. The van der Waals surface area contributed by atoms with Gasteiger partial charge in [-0.25, -0.2) is 4.98 Å². The summed E-state index contributed by atoms with van der Waals surface area (Å²) in [6.45, 7) is 3.40. The zero-order valence-corrected chi connectivity index (χ0v) is 16.7. The van der Waals surface area contributed by atoms with E-state index >= 15 is 0 Å². The summed E-state index contributed by atoms with van der Waals surface area (Å²) in [4.78, 5) is 18.7. The summed E-state index contributed by atoms with van der Waals surface area (Å²) < 4.78 is 7.69. The molecule has 2 N–H and O–H groups in total. The van der Waals surface area contributed by atoms with E-state index in [-0.39, 0.29) is 36.8 Å². The van der Waals surface area contributed by atoms with Crippen molar-refractivity contribution in [2.75, 3.05) is 13.1 Å². The molecular formula is C16H24Cl2N4O2S.